The Morgan fingerprint density at radius 1 is 1.24 bits per heavy atom. The lowest BCUT2D eigenvalue weighted by molar-refractivity contribution is 0.379. The first-order chi connectivity index (χ1) is 10.2. The zero-order valence-electron chi connectivity index (χ0n) is 11.2. The molecule has 1 aliphatic heterocycles. The molecule has 0 fully saturated rings. The van der Waals surface area contributed by atoms with Crippen molar-refractivity contribution in [1.82, 2.24) is 10.2 Å². The smallest absolute Gasteiger partial charge is 0.244 e. The normalized spacial score (nSPS) is 16.6. The van der Waals surface area contributed by atoms with Crippen molar-refractivity contribution in [2.24, 2.45) is 5.73 Å². The zero-order chi connectivity index (χ0) is 15.0. The van der Waals surface area contributed by atoms with Crippen molar-refractivity contribution >= 4 is 0 Å². The molecule has 0 unspecified atom stereocenters. The molecule has 3 N–H and O–H groups in total. The van der Waals surface area contributed by atoms with Gasteiger partial charge >= 0.3 is 0 Å². The van der Waals surface area contributed by atoms with Crippen LogP contribution in [0.1, 0.15) is 28.3 Å². The van der Waals surface area contributed by atoms with Crippen LogP contribution in [0, 0.1) is 29.6 Å². The average molecular weight is 277 g/mol. The summed E-state index contributed by atoms with van der Waals surface area (Å²) >= 11 is 0. The van der Waals surface area contributed by atoms with E-state index in [1.54, 1.807) is 12.1 Å². The van der Waals surface area contributed by atoms with Crippen molar-refractivity contribution < 1.29 is 4.74 Å². The SMILES string of the molecule is Cc1[nH]nc2c1[C@H](c1ccc(C#N)cc1)C(C#N)=C(N)O2. The Kier molecular flexibility index (Phi) is 2.85. The molecule has 1 aromatic carbocycles. The van der Waals surface area contributed by atoms with Crippen LogP contribution in [0.2, 0.25) is 0 Å². The molecule has 1 aromatic heterocycles. The number of nitrogens with one attached hydrogen (secondary N) is 1. The first kappa shape index (κ1) is 12.8. The molecule has 0 saturated heterocycles. The molecule has 0 aliphatic carbocycles. The van der Waals surface area contributed by atoms with E-state index in [2.05, 4.69) is 22.3 Å². The van der Waals surface area contributed by atoms with Gasteiger partial charge in [0, 0.05) is 11.3 Å². The van der Waals surface area contributed by atoms with E-state index in [9.17, 15) is 5.26 Å². The van der Waals surface area contributed by atoms with Gasteiger partial charge in [-0.05, 0) is 24.6 Å². The van der Waals surface area contributed by atoms with Gasteiger partial charge in [-0.15, -0.1) is 5.10 Å². The summed E-state index contributed by atoms with van der Waals surface area (Å²) < 4.78 is 5.39. The molecule has 6 heteroatoms. The summed E-state index contributed by atoms with van der Waals surface area (Å²) in [6, 6.07) is 11.2. The fraction of sp³-hybridized carbons (Fsp3) is 0.133. The van der Waals surface area contributed by atoms with Crippen LogP contribution in [-0.4, -0.2) is 10.2 Å². The van der Waals surface area contributed by atoms with Crippen molar-refractivity contribution in [2.45, 2.75) is 12.8 Å². The third kappa shape index (κ3) is 1.90. The van der Waals surface area contributed by atoms with Crippen LogP contribution >= 0.6 is 0 Å². The molecule has 102 valence electrons. The zero-order valence-corrected chi connectivity index (χ0v) is 11.2. The number of hydrogen-bond donors (Lipinski definition) is 2. The summed E-state index contributed by atoms with van der Waals surface area (Å²) in [5, 5.41) is 25.2. The highest BCUT2D eigenvalue weighted by molar-refractivity contribution is 5.55. The second-order valence-electron chi connectivity index (χ2n) is 4.73. The van der Waals surface area contributed by atoms with Gasteiger partial charge in [0.1, 0.15) is 11.6 Å². The monoisotopic (exact) mass is 277 g/mol. The van der Waals surface area contributed by atoms with E-state index in [1.807, 2.05) is 19.1 Å². The summed E-state index contributed by atoms with van der Waals surface area (Å²) in [7, 11) is 0. The van der Waals surface area contributed by atoms with Gasteiger partial charge in [-0.3, -0.25) is 5.10 Å². The van der Waals surface area contributed by atoms with Crippen molar-refractivity contribution in [3.8, 4) is 18.0 Å². The third-order valence-corrected chi connectivity index (χ3v) is 3.50. The van der Waals surface area contributed by atoms with E-state index in [0.717, 1.165) is 16.8 Å². The van der Waals surface area contributed by atoms with Crippen LogP contribution in [-0.2, 0) is 0 Å². The molecule has 2 heterocycles. The number of nitrogens with zero attached hydrogens (tertiary/aromatic N) is 3. The molecule has 0 radical (unpaired) electrons. The minimum absolute atomic E-state index is 0.0610. The Morgan fingerprint density at radius 2 is 1.95 bits per heavy atom. The van der Waals surface area contributed by atoms with Gasteiger partial charge in [0.15, 0.2) is 0 Å². The van der Waals surface area contributed by atoms with E-state index in [-0.39, 0.29) is 11.8 Å². The highest BCUT2D eigenvalue weighted by atomic mass is 16.5. The van der Waals surface area contributed by atoms with Crippen molar-refractivity contribution in [3.05, 3.63) is 58.1 Å². The van der Waals surface area contributed by atoms with E-state index >= 15 is 0 Å². The summed E-state index contributed by atoms with van der Waals surface area (Å²) in [5.74, 6) is 0.106. The van der Waals surface area contributed by atoms with Crippen molar-refractivity contribution in [1.29, 1.82) is 10.5 Å². The van der Waals surface area contributed by atoms with E-state index in [0.29, 0.717) is 17.0 Å². The number of ether oxygens (including phenoxy) is 1. The fourth-order valence-electron chi connectivity index (χ4n) is 2.48. The van der Waals surface area contributed by atoms with Crippen LogP contribution in [0.3, 0.4) is 0 Å². The van der Waals surface area contributed by atoms with Gasteiger partial charge in [0.2, 0.25) is 11.8 Å². The Bertz CT molecular complexity index is 817. The van der Waals surface area contributed by atoms with E-state index in [1.165, 1.54) is 0 Å². The molecule has 1 atom stereocenters. The third-order valence-electron chi connectivity index (χ3n) is 3.50. The number of benzene rings is 1. The Balaban J connectivity index is 2.20. The number of allylic oxidation sites excluding steroid dienone is 1. The second kappa shape index (κ2) is 4.69. The number of rotatable bonds is 1. The number of nitriles is 2. The maximum Gasteiger partial charge on any atom is 0.244 e. The number of aromatic nitrogens is 2. The maximum atomic E-state index is 9.40. The molecule has 21 heavy (non-hydrogen) atoms. The summed E-state index contributed by atoms with van der Waals surface area (Å²) in [4.78, 5) is 0. The highest BCUT2D eigenvalue weighted by Crippen LogP contribution is 2.42. The minimum atomic E-state index is -0.342. The van der Waals surface area contributed by atoms with Crippen LogP contribution in [0.25, 0.3) is 0 Å². The summed E-state index contributed by atoms with van der Waals surface area (Å²) in [5.41, 5.74) is 9.21. The average Bonchev–Trinajstić information content (AvgIpc) is 2.87. The van der Waals surface area contributed by atoms with Gasteiger partial charge < -0.3 is 10.5 Å². The number of H-pyrrole nitrogens is 1. The highest BCUT2D eigenvalue weighted by Gasteiger charge is 2.33. The van der Waals surface area contributed by atoms with Crippen LogP contribution in [0.15, 0.2) is 35.7 Å². The lowest BCUT2D eigenvalue weighted by atomic mass is 9.84. The van der Waals surface area contributed by atoms with Crippen molar-refractivity contribution in [3.63, 3.8) is 0 Å². The van der Waals surface area contributed by atoms with Gasteiger partial charge in [0.25, 0.3) is 0 Å². The predicted octanol–water partition coefficient (Wildman–Crippen LogP) is 1.81. The molecule has 0 saturated carbocycles. The molecular formula is C15H11N5O. The first-order valence-electron chi connectivity index (χ1n) is 6.28. The Hall–Kier alpha value is -3.25. The molecule has 3 rings (SSSR count). The predicted molar refractivity (Wildman–Crippen MR) is 73.8 cm³/mol. The van der Waals surface area contributed by atoms with Crippen molar-refractivity contribution in [2.75, 3.05) is 0 Å². The maximum absolute atomic E-state index is 9.40. The quantitative estimate of drug-likeness (QED) is 0.825. The molecular weight excluding hydrogens is 266 g/mol. The molecule has 0 bridgehead atoms. The standard InChI is InChI=1S/C15H11N5O/c1-8-12-13(10-4-2-9(6-16)3-5-10)11(7-17)14(18)21-15(12)20-19-8/h2-5,13H,18H2,1H3,(H,19,20)/t13-/m1/s1. The Morgan fingerprint density at radius 3 is 2.57 bits per heavy atom. The topological polar surface area (TPSA) is 112 Å². The summed E-state index contributed by atoms with van der Waals surface area (Å²) in [6.07, 6.45) is 0. The fourth-order valence-corrected chi connectivity index (χ4v) is 2.48. The van der Waals surface area contributed by atoms with Crippen LogP contribution in [0.5, 0.6) is 5.88 Å². The molecule has 0 amide bonds. The lowest BCUT2D eigenvalue weighted by Gasteiger charge is -2.23. The van der Waals surface area contributed by atoms with Gasteiger partial charge in [-0.2, -0.15) is 10.5 Å². The second-order valence-corrected chi connectivity index (χ2v) is 4.73. The molecule has 6 nitrogen and oxygen atoms in total. The number of aryl methyl sites for hydroxylation is 1. The first-order valence-corrected chi connectivity index (χ1v) is 6.28. The summed E-state index contributed by atoms with van der Waals surface area (Å²) in [6.45, 7) is 1.86. The molecule has 1 aliphatic rings. The number of aromatic amines is 1. The largest absolute Gasteiger partial charge is 0.420 e. The molecule has 2 aromatic rings. The number of hydrogen-bond acceptors (Lipinski definition) is 5. The molecule has 0 spiro atoms. The van der Waals surface area contributed by atoms with Gasteiger partial charge in [-0.25, -0.2) is 0 Å². The minimum Gasteiger partial charge on any atom is -0.420 e. The number of nitrogens with two attached hydrogens (primary N) is 1. The lowest BCUT2D eigenvalue weighted by Crippen LogP contribution is -2.21. The van der Waals surface area contributed by atoms with Gasteiger partial charge in [0.05, 0.1) is 17.6 Å². The van der Waals surface area contributed by atoms with Crippen LogP contribution in [0.4, 0.5) is 0 Å². The number of fused-ring (bicyclic) bond motifs is 1. The van der Waals surface area contributed by atoms with E-state index in [4.69, 9.17) is 15.7 Å². The Labute approximate surface area is 121 Å². The van der Waals surface area contributed by atoms with E-state index < -0.39 is 0 Å². The van der Waals surface area contributed by atoms with Crippen LogP contribution < -0.4 is 10.5 Å². The van der Waals surface area contributed by atoms with Gasteiger partial charge in [-0.1, -0.05) is 12.1 Å².